The number of hydrogen-bond donors (Lipinski definition) is 0. The number of aryl methyl sites for hydroxylation is 2. The van der Waals surface area contributed by atoms with E-state index in [0.717, 1.165) is 39.3 Å². The number of carbonyl (C=O) groups excluding carboxylic acids is 1. The van der Waals surface area contributed by atoms with Gasteiger partial charge in [0.05, 0.1) is 22.9 Å². The van der Waals surface area contributed by atoms with Crippen LogP contribution in [0.25, 0.3) is 10.2 Å². The topological polar surface area (TPSA) is 42.4 Å². The number of halogens is 1. The molecule has 0 radical (unpaired) electrons. The van der Waals surface area contributed by atoms with E-state index in [-0.39, 0.29) is 12.0 Å². The SMILES string of the molecule is Cc1ccc2sc(N(CC3CCCO3)C(=O)c3ccc(Br)cc3)nc2c1C. The second kappa shape index (κ2) is 7.70. The summed E-state index contributed by atoms with van der Waals surface area (Å²) in [6.07, 6.45) is 2.09. The Hall–Kier alpha value is -1.76. The Kier molecular flexibility index (Phi) is 5.30. The van der Waals surface area contributed by atoms with Crippen LogP contribution in [-0.2, 0) is 4.74 Å². The van der Waals surface area contributed by atoms with Crippen LogP contribution in [0.4, 0.5) is 5.13 Å². The van der Waals surface area contributed by atoms with Crippen molar-refractivity contribution in [3.8, 4) is 0 Å². The molecule has 0 N–H and O–H groups in total. The van der Waals surface area contributed by atoms with Gasteiger partial charge in [-0.2, -0.15) is 0 Å². The van der Waals surface area contributed by atoms with Gasteiger partial charge in [0.25, 0.3) is 5.91 Å². The van der Waals surface area contributed by atoms with E-state index in [2.05, 4.69) is 41.9 Å². The van der Waals surface area contributed by atoms with Gasteiger partial charge in [0.15, 0.2) is 5.13 Å². The van der Waals surface area contributed by atoms with Gasteiger partial charge >= 0.3 is 0 Å². The lowest BCUT2D eigenvalue weighted by atomic mass is 10.1. The molecule has 4 nitrogen and oxygen atoms in total. The minimum atomic E-state index is -0.0357. The zero-order chi connectivity index (χ0) is 19.0. The molecule has 2 heterocycles. The minimum absolute atomic E-state index is 0.0357. The summed E-state index contributed by atoms with van der Waals surface area (Å²) in [7, 11) is 0. The molecule has 1 aromatic heterocycles. The van der Waals surface area contributed by atoms with E-state index in [0.29, 0.717) is 12.1 Å². The maximum absolute atomic E-state index is 13.3. The molecule has 0 saturated carbocycles. The van der Waals surface area contributed by atoms with Crippen molar-refractivity contribution in [3.63, 3.8) is 0 Å². The third-order valence-corrected chi connectivity index (χ3v) is 6.62. The molecule has 27 heavy (non-hydrogen) atoms. The van der Waals surface area contributed by atoms with Gasteiger partial charge in [-0.15, -0.1) is 0 Å². The highest BCUT2D eigenvalue weighted by molar-refractivity contribution is 9.10. The summed E-state index contributed by atoms with van der Waals surface area (Å²) in [6, 6.07) is 11.7. The van der Waals surface area contributed by atoms with Gasteiger partial charge in [-0.25, -0.2) is 4.98 Å². The summed E-state index contributed by atoms with van der Waals surface area (Å²) in [5, 5.41) is 0.738. The molecule has 1 atom stereocenters. The van der Waals surface area contributed by atoms with E-state index in [4.69, 9.17) is 9.72 Å². The van der Waals surface area contributed by atoms with E-state index >= 15 is 0 Å². The average Bonchev–Trinajstić information content (AvgIpc) is 3.33. The fraction of sp³-hybridized carbons (Fsp3) is 0.333. The van der Waals surface area contributed by atoms with Gasteiger partial charge in [0.1, 0.15) is 0 Å². The predicted molar refractivity (Wildman–Crippen MR) is 114 cm³/mol. The molecule has 1 aliphatic rings. The molecule has 140 valence electrons. The van der Waals surface area contributed by atoms with Gasteiger partial charge in [-0.1, -0.05) is 33.3 Å². The summed E-state index contributed by atoms with van der Waals surface area (Å²) in [5.41, 5.74) is 4.02. The van der Waals surface area contributed by atoms with E-state index in [1.54, 1.807) is 16.2 Å². The first-order chi connectivity index (χ1) is 13.0. The van der Waals surface area contributed by atoms with Crippen LogP contribution in [0, 0.1) is 13.8 Å². The Labute approximate surface area is 171 Å². The van der Waals surface area contributed by atoms with Gasteiger partial charge in [-0.05, 0) is 68.1 Å². The molecule has 1 saturated heterocycles. The zero-order valence-electron chi connectivity index (χ0n) is 15.4. The van der Waals surface area contributed by atoms with Crippen molar-refractivity contribution < 1.29 is 9.53 Å². The molecular formula is C21H21BrN2O2S. The number of fused-ring (bicyclic) bond motifs is 1. The summed E-state index contributed by atoms with van der Waals surface area (Å²) in [5.74, 6) is -0.0357. The lowest BCUT2D eigenvalue weighted by molar-refractivity contribution is 0.0917. The number of amides is 1. The van der Waals surface area contributed by atoms with Crippen molar-refractivity contribution in [2.45, 2.75) is 32.8 Å². The van der Waals surface area contributed by atoms with Crippen molar-refractivity contribution in [2.24, 2.45) is 0 Å². The largest absolute Gasteiger partial charge is 0.376 e. The Morgan fingerprint density at radius 1 is 1.26 bits per heavy atom. The number of rotatable bonds is 4. The smallest absolute Gasteiger partial charge is 0.260 e. The molecule has 0 spiro atoms. The summed E-state index contributed by atoms with van der Waals surface area (Å²) in [6.45, 7) is 5.48. The van der Waals surface area contributed by atoms with Gasteiger partial charge in [0, 0.05) is 16.6 Å². The summed E-state index contributed by atoms with van der Waals surface area (Å²) in [4.78, 5) is 19.9. The fourth-order valence-corrected chi connectivity index (χ4v) is 4.61. The number of benzene rings is 2. The number of ether oxygens (including phenoxy) is 1. The highest BCUT2D eigenvalue weighted by atomic mass is 79.9. The molecule has 2 aromatic carbocycles. The van der Waals surface area contributed by atoms with Crippen molar-refractivity contribution >= 4 is 48.5 Å². The third-order valence-electron chi connectivity index (χ3n) is 5.05. The van der Waals surface area contributed by atoms with Crippen molar-refractivity contribution in [1.82, 2.24) is 4.98 Å². The molecular weight excluding hydrogens is 424 g/mol. The van der Waals surface area contributed by atoms with Crippen molar-refractivity contribution in [1.29, 1.82) is 0 Å². The van der Waals surface area contributed by atoms with Gasteiger partial charge in [0.2, 0.25) is 0 Å². The lowest BCUT2D eigenvalue weighted by Gasteiger charge is -2.23. The van der Waals surface area contributed by atoms with Crippen LogP contribution in [0.1, 0.15) is 34.3 Å². The normalized spacial score (nSPS) is 16.8. The van der Waals surface area contributed by atoms with E-state index in [1.165, 1.54) is 11.1 Å². The molecule has 0 aliphatic carbocycles. The van der Waals surface area contributed by atoms with Crippen molar-refractivity contribution in [3.05, 3.63) is 57.6 Å². The molecule has 1 aliphatic heterocycles. The van der Waals surface area contributed by atoms with E-state index in [9.17, 15) is 4.79 Å². The van der Waals surface area contributed by atoms with Crippen LogP contribution < -0.4 is 4.90 Å². The Balaban J connectivity index is 1.74. The Morgan fingerprint density at radius 3 is 2.74 bits per heavy atom. The zero-order valence-corrected chi connectivity index (χ0v) is 17.8. The molecule has 1 fully saturated rings. The molecule has 1 amide bonds. The first-order valence-electron chi connectivity index (χ1n) is 9.08. The third kappa shape index (κ3) is 3.79. The quantitative estimate of drug-likeness (QED) is 0.533. The molecule has 1 unspecified atom stereocenters. The monoisotopic (exact) mass is 444 g/mol. The van der Waals surface area contributed by atoms with E-state index in [1.807, 2.05) is 24.3 Å². The molecule has 0 bridgehead atoms. The van der Waals surface area contributed by atoms with Crippen LogP contribution in [0.15, 0.2) is 40.9 Å². The first-order valence-corrected chi connectivity index (χ1v) is 10.7. The number of hydrogen-bond acceptors (Lipinski definition) is 4. The number of thiazole rings is 1. The predicted octanol–water partition coefficient (Wildman–Crippen LogP) is 5.50. The highest BCUT2D eigenvalue weighted by Gasteiger charge is 2.27. The lowest BCUT2D eigenvalue weighted by Crippen LogP contribution is -2.37. The first kappa shape index (κ1) is 18.6. The van der Waals surface area contributed by atoms with Crippen molar-refractivity contribution in [2.75, 3.05) is 18.1 Å². The number of aromatic nitrogens is 1. The maximum Gasteiger partial charge on any atom is 0.260 e. The minimum Gasteiger partial charge on any atom is -0.376 e. The average molecular weight is 445 g/mol. The van der Waals surface area contributed by atoms with Crippen LogP contribution in [0.2, 0.25) is 0 Å². The van der Waals surface area contributed by atoms with E-state index < -0.39 is 0 Å². The second-order valence-electron chi connectivity index (χ2n) is 6.91. The highest BCUT2D eigenvalue weighted by Crippen LogP contribution is 2.33. The molecule has 4 rings (SSSR count). The molecule has 6 heteroatoms. The van der Waals surface area contributed by atoms with Gasteiger partial charge in [-0.3, -0.25) is 9.69 Å². The van der Waals surface area contributed by atoms with Gasteiger partial charge < -0.3 is 4.74 Å². The van der Waals surface area contributed by atoms with Crippen LogP contribution in [0.3, 0.4) is 0 Å². The summed E-state index contributed by atoms with van der Waals surface area (Å²) >= 11 is 5.00. The Bertz CT molecular complexity index is 978. The summed E-state index contributed by atoms with van der Waals surface area (Å²) < 4.78 is 7.86. The number of anilines is 1. The molecule has 3 aromatic rings. The van der Waals surface area contributed by atoms with Crippen LogP contribution >= 0.6 is 27.3 Å². The Morgan fingerprint density at radius 2 is 2.04 bits per heavy atom. The fourth-order valence-electron chi connectivity index (χ4n) is 3.32. The second-order valence-corrected chi connectivity index (χ2v) is 8.83. The maximum atomic E-state index is 13.3. The number of nitrogens with zero attached hydrogens (tertiary/aromatic N) is 2. The van der Waals surface area contributed by atoms with Crippen LogP contribution in [0.5, 0.6) is 0 Å². The standard InChI is InChI=1S/C21H21BrN2O2S/c1-13-5-10-18-19(14(13)2)23-21(27-18)24(12-17-4-3-11-26-17)20(25)15-6-8-16(22)9-7-15/h5-10,17H,3-4,11-12H2,1-2H3. The number of carbonyl (C=O) groups is 1. The van der Waals surface area contributed by atoms with Crippen LogP contribution in [-0.4, -0.2) is 30.1 Å².